The normalized spacial score (nSPS) is 10.8. The Hall–Kier alpha value is -1.04. The van der Waals surface area contributed by atoms with Crippen molar-refractivity contribution < 1.29 is 0 Å². The van der Waals surface area contributed by atoms with Crippen LogP contribution in [0.25, 0.3) is 6.08 Å². The minimum atomic E-state index is 1.17. The summed E-state index contributed by atoms with van der Waals surface area (Å²) in [4.78, 5) is 0. The minimum Gasteiger partial charge on any atom is -0.0840 e. The molecular weight excluding hydrogens is 144 g/mol. The van der Waals surface area contributed by atoms with Gasteiger partial charge in [-0.2, -0.15) is 0 Å². The number of hydrogen-bond acceptors (Lipinski definition) is 0. The largest absolute Gasteiger partial charge is 0.0840 e. The summed E-state index contributed by atoms with van der Waals surface area (Å²) < 4.78 is 0. The lowest BCUT2D eigenvalue weighted by atomic mass is 10.1. The molecule has 0 amide bonds. The van der Waals surface area contributed by atoms with Crippen LogP contribution in [0.15, 0.2) is 30.3 Å². The number of rotatable bonds is 3. The van der Waals surface area contributed by atoms with Crippen molar-refractivity contribution in [1.82, 2.24) is 0 Å². The average Bonchev–Trinajstić information content (AvgIpc) is 2.05. The third-order valence-corrected chi connectivity index (χ3v) is 1.81. The Morgan fingerprint density at radius 2 is 2.17 bits per heavy atom. The van der Waals surface area contributed by atoms with Crippen LogP contribution in [-0.2, 0) is 0 Å². The van der Waals surface area contributed by atoms with E-state index in [0.717, 1.165) is 0 Å². The van der Waals surface area contributed by atoms with Gasteiger partial charge in [-0.15, -0.1) is 0 Å². The minimum absolute atomic E-state index is 1.17. The van der Waals surface area contributed by atoms with E-state index in [1.54, 1.807) is 0 Å². The van der Waals surface area contributed by atoms with Crippen LogP contribution < -0.4 is 0 Å². The first-order valence-corrected chi connectivity index (χ1v) is 4.56. The van der Waals surface area contributed by atoms with Crippen LogP contribution in [0.1, 0.15) is 30.9 Å². The molecule has 0 atom stereocenters. The van der Waals surface area contributed by atoms with Crippen LogP contribution in [0.5, 0.6) is 0 Å². The highest BCUT2D eigenvalue weighted by molar-refractivity contribution is 5.49. The quantitative estimate of drug-likeness (QED) is 0.630. The van der Waals surface area contributed by atoms with Gasteiger partial charge in [0.15, 0.2) is 0 Å². The maximum absolute atomic E-state index is 2.23. The Kier molecular flexibility index (Phi) is 3.59. The van der Waals surface area contributed by atoms with Gasteiger partial charge in [0.05, 0.1) is 0 Å². The zero-order valence-corrected chi connectivity index (χ0v) is 7.88. The van der Waals surface area contributed by atoms with Gasteiger partial charge in [-0.25, -0.2) is 0 Å². The molecule has 0 saturated carbocycles. The lowest BCUT2D eigenvalue weighted by molar-refractivity contribution is 0.962. The lowest BCUT2D eigenvalue weighted by Gasteiger charge is -1.94. The summed E-state index contributed by atoms with van der Waals surface area (Å²) in [6, 6.07) is 8.56. The summed E-state index contributed by atoms with van der Waals surface area (Å²) >= 11 is 0. The number of unbranched alkanes of at least 4 members (excludes halogenated alkanes) is 1. The van der Waals surface area contributed by atoms with Gasteiger partial charge < -0.3 is 0 Å². The summed E-state index contributed by atoms with van der Waals surface area (Å²) in [6.45, 7) is 4.32. The van der Waals surface area contributed by atoms with Gasteiger partial charge in [-0.1, -0.05) is 55.3 Å². The van der Waals surface area contributed by atoms with E-state index in [2.05, 4.69) is 50.3 Å². The second-order valence-electron chi connectivity index (χ2n) is 3.11. The maximum atomic E-state index is 2.23. The fourth-order valence-corrected chi connectivity index (χ4v) is 1.16. The molecule has 0 heterocycles. The predicted octanol–water partition coefficient (Wildman–Crippen LogP) is 3.81. The highest BCUT2D eigenvalue weighted by Crippen LogP contribution is 2.06. The van der Waals surface area contributed by atoms with E-state index in [9.17, 15) is 0 Å². The second-order valence-corrected chi connectivity index (χ2v) is 3.11. The standard InChI is InChI=1S/C12H16/c1-3-4-5-8-12-9-6-7-11(2)10-12/h5-10H,3-4H2,1-2H3. The monoisotopic (exact) mass is 160 g/mol. The molecule has 64 valence electrons. The molecule has 1 rings (SSSR count). The molecular formula is C12H16. The first-order valence-electron chi connectivity index (χ1n) is 4.56. The molecule has 0 fully saturated rings. The Labute approximate surface area is 74.9 Å². The molecule has 0 heteroatoms. The zero-order chi connectivity index (χ0) is 8.81. The van der Waals surface area contributed by atoms with Crippen molar-refractivity contribution in [3.05, 3.63) is 41.5 Å². The number of allylic oxidation sites excluding steroid dienone is 1. The summed E-state index contributed by atoms with van der Waals surface area (Å²) in [7, 11) is 0. The van der Waals surface area contributed by atoms with Crippen molar-refractivity contribution in [3.63, 3.8) is 0 Å². The highest BCUT2D eigenvalue weighted by Gasteiger charge is 1.85. The van der Waals surface area contributed by atoms with E-state index >= 15 is 0 Å². The van der Waals surface area contributed by atoms with Gasteiger partial charge in [-0.05, 0) is 18.9 Å². The summed E-state index contributed by atoms with van der Waals surface area (Å²) in [5, 5.41) is 0. The Morgan fingerprint density at radius 3 is 2.83 bits per heavy atom. The number of benzene rings is 1. The van der Waals surface area contributed by atoms with Gasteiger partial charge in [0.1, 0.15) is 0 Å². The molecule has 0 radical (unpaired) electrons. The fourth-order valence-electron chi connectivity index (χ4n) is 1.16. The van der Waals surface area contributed by atoms with Crippen LogP contribution in [0.2, 0.25) is 0 Å². The van der Waals surface area contributed by atoms with Gasteiger partial charge in [-0.3, -0.25) is 0 Å². The molecule has 1 aromatic carbocycles. The molecule has 12 heavy (non-hydrogen) atoms. The molecule has 0 aliphatic heterocycles. The highest BCUT2D eigenvalue weighted by atomic mass is 13.9. The number of aryl methyl sites for hydroxylation is 1. The molecule has 0 aliphatic carbocycles. The summed E-state index contributed by atoms with van der Waals surface area (Å²) in [5.41, 5.74) is 2.64. The predicted molar refractivity (Wildman–Crippen MR) is 55.1 cm³/mol. The molecule has 0 unspecified atom stereocenters. The maximum Gasteiger partial charge on any atom is -0.0257 e. The van der Waals surface area contributed by atoms with Crippen molar-refractivity contribution in [2.24, 2.45) is 0 Å². The lowest BCUT2D eigenvalue weighted by Crippen LogP contribution is -1.74. The van der Waals surface area contributed by atoms with Crippen LogP contribution in [0.4, 0.5) is 0 Å². The average molecular weight is 160 g/mol. The first-order chi connectivity index (χ1) is 5.83. The molecule has 0 spiro atoms. The number of hydrogen-bond donors (Lipinski definition) is 0. The Bertz CT molecular complexity index is 258. The van der Waals surface area contributed by atoms with E-state index in [4.69, 9.17) is 0 Å². The molecule has 0 N–H and O–H groups in total. The van der Waals surface area contributed by atoms with Crippen LogP contribution in [-0.4, -0.2) is 0 Å². The first kappa shape index (κ1) is 9.05. The smallest absolute Gasteiger partial charge is 0.0257 e. The van der Waals surface area contributed by atoms with Crippen molar-refractivity contribution in [2.75, 3.05) is 0 Å². The third kappa shape index (κ3) is 2.91. The molecule has 0 bridgehead atoms. The molecule has 1 aromatic rings. The van der Waals surface area contributed by atoms with Gasteiger partial charge in [0, 0.05) is 0 Å². The zero-order valence-electron chi connectivity index (χ0n) is 7.88. The van der Waals surface area contributed by atoms with Crippen molar-refractivity contribution in [2.45, 2.75) is 26.7 Å². The van der Waals surface area contributed by atoms with Crippen LogP contribution >= 0.6 is 0 Å². The Morgan fingerprint density at radius 1 is 1.33 bits per heavy atom. The Balaban J connectivity index is 2.63. The SMILES string of the molecule is CCCC=Cc1cccc(C)c1. The van der Waals surface area contributed by atoms with Crippen LogP contribution in [0.3, 0.4) is 0 Å². The second kappa shape index (κ2) is 4.76. The molecule has 0 aromatic heterocycles. The topological polar surface area (TPSA) is 0 Å². The molecule has 0 aliphatic rings. The van der Waals surface area contributed by atoms with E-state index < -0.39 is 0 Å². The van der Waals surface area contributed by atoms with Crippen molar-refractivity contribution in [1.29, 1.82) is 0 Å². The van der Waals surface area contributed by atoms with Gasteiger partial charge in [0.25, 0.3) is 0 Å². The summed E-state index contributed by atoms with van der Waals surface area (Å²) in [5.74, 6) is 0. The van der Waals surface area contributed by atoms with E-state index in [0.29, 0.717) is 0 Å². The van der Waals surface area contributed by atoms with Crippen molar-refractivity contribution >= 4 is 6.08 Å². The molecule has 0 nitrogen and oxygen atoms in total. The van der Waals surface area contributed by atoms with Gasteiger partial charge >= 0.3 is 0 Å². The van der Waals surface area contributed by atoms with Crippen LogP contribution in [0, 0.1) is 6.92 Å². The fraction of sp³-hybridized carbons (Fsp3) is 0.333. The molecule has 0 saturated heterocycles. The third-order valence-electron chi connectivity index (χ3n) is 1.81. The van der Waals surface area contributed by atoms with E-state index in [-0.39, 0.29) is 0 Å². The van der Waals surface area contributed by atoms with Crippen molar-refractivity contribution in [3.8, 4) is 0 Å². The van der Waals surface area contributed by atoms with E-state index in [1.807, 2.05) is 0 Å². The van der Waals surface area contributed by atoms with E-state index in [1.165, 1.54) is 24.0 Å². The summed E-state index contributed by atoms with van der Waals surface area (Å²) in [6.07, 6.45) is 6.82. The van der Waals surface area contributed by atoms with Gasteiger partial charge in [0.2, 0.25) is 0 Å².